The molecule has 478 valence electrons. The van der Waals surface area contributed by atoms with Crippen LogP contribution in [-0.2, 0) is 0 Å². The zero-order valence-electron chi connectivity index (χ0n) is 55.9. The van der Waals surface area contributed by atoms with E-state index in [9.17, 15) is 0 Å². The van der Waals surface area contributed by atoms with E-state index in [0.717, 1.165) is 67.8 Å². The molecule has 4 nitrogen and oxygen atoms in total. The minimum Gasteiger partial charge on any atom is -0.310 e. The monoisotopic (exact) mass is 1300 g/mol. The SMILES string of the molecule is c1ccc(-c2ccc3c(c2)c2cc(-c4ccccc4)ccc2n3-c2ccc(-c3ccc(N(c4cccc(N(c5ccc(-c6ccc(-n7c8ccc(-c9ccccc9)cc8c8cc(-c9ccccc9)ccc87)cc6)cc5)c5cccc6ccccc56)c4)c4cccc5ccccc45)cc3)cc2)cc1. The fourth-order valence-corrected chi connectivity index (χ4v) is 15.5. The lowest BCUT2D eigenvalue weighted by Gasteiger charge is -2.30. The molecule has 0 unspecified atom stereocenters. The molecule has 19 aromatic rings. The molecule has 102 heavy (non-hydrogen) atoms. The zero-order valence-corrected chi connectivity index (χ0v) is 55.9. The molecule has 0 aliphatic carbocycles. The molecular formula is C98H66N4. The number of nitrogens with zero attached hydrogens (tertiary/aromatic N) is 4. The highest BCUT2D eigenvalue weighted by atomic mass is 15.2. The van der Waals surface area contributed by atoms with Gasteiger partial charge in [0.2, 0.25) is 0 Å². The van der Waals surface area contributed by atoms with Crippen molar-refractivity contribution in [1.29, 1.82) is 0 Å². The Balaban J connectivity index is 0.665. The molecule has 2 aromatic heterocycles. The van der Waals surface area contributed by atoms with Gasteiger partial charge >= 0.3 is 0 Å². The van der Waals surface area contributed by atoms with Gasteiger partial charge in [-0.15, -0.1) is 0 Å². The van der Waals surface area contributed by atoms with Crippen LogP contribution in [-0.4, -0.2) is 9.13 Å². The molecule has 2 heterocycles. The molecule has 0 saturated carbocycles. The first kappa shape index (κ1) is 59.7. The standard InChI is InChI=1S/C98H66N4/c1-5-20-67(21-6-1)77-46-58-95-89(62-77)90-63-78(68-22-7-2-8-23-68)47-59-96(90)101(95)83-54-42-73(43-55-83)71-38-50-81(51-39-71)99(93-36-17-30-75-28-13-15-34-87(75)93)85-32-19-33-86(66-85)100(94-37-18-31-76-29-14-16-35-88(76)94)82-52-40-72(41-53-82)74-44-56-84(57-45-74)102-97-60-48-79(69-24-9-3-10-25-69)64-91(97)92-65-80(49-61-98(92)102)70-26-11-4-12-27-70/h1-66H. The molecule has 19 rings (SSSR count). The number of rotatable bonds is 14. The third-order valence-corrected chi connectivity index (χ3v) is 20.5. The van der Waals surface area contributed by atoms with E-state index < -0.39 is 0 Å². The summed E-state index contributed by atoms with van der Waals surface area (Å²) in [5, 5.41) is 9.61. The van der Waals surface area contributed by atoms with Crippen molar-refractivity contribution < 1.29 is 0 Å². The molecule has 0 aliphatic heterocycles. The van der Waals surface area contributed by atoms with Crippen LogP contribution in [0.3, 0.4) is 0 Å². The van der Waals surface area contributed by atoms with Gasteiger partial charge < -0.3 is 18.9 Å². The lowest BCUT2D eigenvalue weighted by molar-refractivity contribution is 1.18. The molecule has 0 bridgehead atoms. The molecule has 0 spiro atoms. The van der Waals surface area contributed by atoms with Gasteiger partial charge in [-0.05, 0) is 205 Å². The minimum absolute atomic E-state index is 1.04. The second-order valence-electron chi connectivity index (χ2n) is 26.4. The van der Waals surface area contributed by atoms with Crippen LogP contribution >= 0.6 is 0 Å². The molecule has 0 fully saturated rings. The van der Waals surface area contributed by atoms with Crippen molar-refractivity contribution >= 4 is 99.3 Å². The van der Waals surface area contributed by atoms with Crippen LogP contribution < -0.4 is 9.80 Å². The number of aromatic nitrogens is 2. The molecule has 0 amide bonds. The van der Waals surface area contributed by atoms with Crippen molar-refractivity contribution in [2.45, 2.75) is 0 Å². The highest BCUT2D eigenvalue weighted by molar-refractivity contribution is 6.13. The number of fused-ring (bicyclic) bond motifs is 8. The van der Waals surface area contributed by atoms with Gasteiger partial charge in [-0.1, -0.05) is 273 Å². The zero-order chi connectivity index (χ0) is 67.5. The first-order valence-corrected chi connectivity index (χ1v) is 35.0. The van der Waals surface area contributed by atoms with E-state index in [4.69, 9.17) is 0 Å². The van der Waals surface area contributed by atoms with Crippen LogP contribution in [0.4, 0.5) is 34.1 Å². The Kier molecular flexibility index (Phi) is 14.9. The first-order valence-electron chi connectivity index (χ1n) is 35.0. The fraction of sp³-hybridized carbons (Fsp3) is 0. The van der Waals surface area contributed by atoms with Gasteiger partial charge in [0.1, 0.15) is 0 Å². The van der Waals surface area contributed by atoms with Gasteiger partial charge in [-0.25, -0.2) is 0 Å². The fourth-order valence-electron chi connectivity index (χ4n) is 15.5. The summed E-state index contributed by atoms with van der Waals surface area (Å²) >= 11 is 0. The summed E-state index contributed by atoms with van der Waals surface area (Å²) in [5.74, 6) is 0. The van der Waals surface area contributed by atoms with Crippen LogP contribution in [0.2, 0.25) is 0 Å². The number of benzene rings is 17. The maximum absolute atomic E-state index is 2.42. The molecule has 17 aromatic carbocycles. The molecule has 4 heteroatoms. The molecular weight excluding hydrogens is 1230 g/mol. The third-order valence-electron chi connectivity index (χ3n) is 20.5. The van der Waals surface area contributed by atoms with Gasteiger partial charge in [-0.3, -0.25) is 0 Å². The largest absolute Gasteiger partial charge is 0.310 e. The van der Waals surface area contributed by atoms with E-state index in [1.165, 1.54) is 110 Å². The average molecular weight is 1300 g/mol. The summed E-state index contributed by atoms with van der Waals surface area (Å²) in [4.78, 5) is 4.84. The van der Waals surface area contributed by atoms with Crippen molar-refractivity contribution in [2.24, 2.45) is 0 Å². The van der Waals surface area contributed by atoms with Crippen molar-refractivity contribution in [3.63, 3.8) is 0 Å². The van der Waals surface area contributed by atoms with Crippen LogP contribution in [0.15, 0.2) is 400 Å². The van der Waals surface area contributed by atoms with Crippen LogP contribution in [0, 0.1) is 0 Å². The van der Waals surface area contributed by atoms with Gasteiger partial charge in [0, 0.05) is 66.4 Å². The van der Waals surface area contributed by atoms with E-state index in [2.05, 4.69) is 419 Å². The van der Waals surface area contributed by atoms with Crippen molar-refractivity contribution in [1.82, 2.24) is 9.13 Å². The van der Waals surface area contributed by atoms with E-state index in [0.29, 0.717) is 0 Å². The summed E-state index contributed by atoms with van der Waals surface area (Å²) in [7, 11) is 0. The van der Waals surface area contributed by atoms with E-state index >= 15 is 0 Å². The Morgan fingerprint density at radius 2 is 0.412 bits per heavy atom. The van der Waals surface area contributed by atoms with E-state index in [1.807, 2.05) is 0 Å². The summed E-state index contributed by atoms with van der Waals surface area (Å²) in [5.41, 5.74) is 27.5. The first-order chi connectivity index (χ1) is 50.6. The highest BCUT2D eigenvalue weighted by Crippen LogP contribution is 2.46. The van der Waals surface area contributed by atoms with Gasteiger partial charge in [0.25, 0.3) is 0 Å². The number of anilines is 6. The predicted octanol–water partition coefficient (Wildman–Crippen LogP) is 27.1. The Hall–Kier alpha value is -13.5. The summed E-state index contributed by atoms with van der Waals surface area (Å²) in [6, 6.07) is 147. The normalized spacial score (nSPS) is 11.5. The Morgan fingerprint density at radius 1 is 0.157 bits per heavy atom. The smallest absolute Gasteiger partial charge is 0.0541 e. The Morgan fingerprint density at radius 3 is 0.735 bits per heavy atom. The summed E-state index contributed by atoms with van der Waals surface area (Å²) in [6.07, 6.45) is 0. The molecule has 0 aliphatic rings. The second-order valence-corrected chi connectivity index (χ2v) is 26.4. The minimum atomic E-state index is 1.04. The maximum Gasteiger partial charge on any atom is 0.0541 e. The molecule has 0 saturated heterocycles. The Labute approximate surface area is 593 Å². The second kappa shape index (κ2) is 25.4. The van der Waals surface area contributed by atoms with Crippen molar-refractivity contribution in [3.05, 3.63) is 400 Å². The number of hydrogen-bond acceptors (Lipinski definition) is 2. The van der Waals surface area contributed by atoms with Gasteiger partial charge in [0.15, 0.2) is 0 Å². The van der Waals surface area contributed by atoms with E-state index in [1.54, 1.807) is 0 Å². The van der Waals surface area contributed by atoms with Gasteiger partial charge in [-0.2, -0.15) is 0 Å². The lowest BCUT2D eigenvalue weighted by Crippen LogP contribution is -2.13. The Bertz CT molecular complexity index is 5730. The van der Waals surface area contributed by atoms with Crippen LogP contribution in [0.5, 0.6) is 0 Å². The van der Waals surface area contributed by atoms with E-state index in [-0.39, 0.29) is 0 Å². The molecule has 0 radical (unpaired) electrons. The summed E-state index contributed by atoms with van der Waals surface area (Å²) in [6.45, 7) is 0. The van der Waals surface area contributed by atoms with Crippen molar-refractivity contribution in [3.8, 4) is 78.1 Å². The quantitative estimate of drug-likeness (QED) is 0.108. The maximum atomic E-state index is 2.42. The molecule has 0 N–H and O–H groups in total. The third kappa shape index (κ3) is 10.7. The van der Waals surface area contributed by atoms with Crippen LogP contribution in [0.25, 0.3) is 143 Å². The highest BCUT2D eigenvalue weighted by Gasteiger charge is 2.23. The lowest BCUT2D eigenvalue weighted by atomic mass is 10.0. The number of hydrogen-bond donors (Lipinski definition) is 0. The van der Waals surface area contributed by atoms with Crippen molar-refractivity contribution in [2.75, 3.05) is 9.80 Å². The average Bonchev–Trinajstić information content (AvgIpc) is 1.49. The van der Waals surface area contributed by atoms with Gasteiger partial charge in [0.05, 0.1) is 33.4 Å². The molecule has 0 atom stereocenters. The summed E-state index contributed by atoms with van der Waals surface area (Å²) < 4.78 is 4.84. The predicted molar refractivity (Wildman–Crippen MR) is 432 cm³/mol. The van der Waals surface area contributed by atoms with Crippen LogP contribution in [0.1, 0.15) is 0 Å². The topological polar surface area (TPSA) is 16.3 Å².